The largest absolute Gasteiger partial charge is 0.444 e. The highest BCUT2D eigenvalue weighted by Gasteiger charge is 2.24. The summed E-state index contributed by atoms with van der Waals surface area (Å²) in [7, 11) is 0. The predicted molar refractivity (Wildman–Crippen MR) is 111 cm³/mol. The van der Waals surface area contributed by atoms with Gasteiger partial charge in [0.2, 0.25) is 5.89 Å². The highest BCUT2D eigenvalue weighted by atomic mass is 32.2. The maximum Gasteiger partial charge on any atom is 0.408 e. The van der Waals surface area contributed by atoms with Crippen molar-refractivity contribution in [2.24, 2.45) is 0 Å². The summed E-state index contributed by atoms with van der Waals surface area (Å²) in [5.74, 6) is 1.28. The van der Waals surface area contributed by atoms with E-state index in [1.165, 1.54) is 11.8 Å². The molecule has 0 aliphatic heterocycles. The molecule has 0 unspecified atom stereocenters. The van der Waals surface area contributed by atoms with Gasteiger partial charge in [0, 0.05) is 17.0 Å². The van der Waals surface area contributed by atoms with Crippen LogP contribution in [0.3, 0.4) is 0 Å². The molecule has 2 aromatic heterocycles. The number of ether oxygens (including phenoxy) is 1. The Morgan fingerprint density at radius 1 is 1.28 bits per heavy atom. The van der Waals surface area contributed by atoms with Crippen molar-refractivity contribution in [1.29, 1.82) is 0 Å². The topological polar surface area (TPSA) is 143 Å². The van der Waals surface area contributed by atoms with Crippen LogP contribution in [0.25, 0.3) is 0 Å². The third-order valence-electron chi connectivity index (χ3n) is 3.62. The van der Waals surface area contributed by atoms with E-state index >= 15 is 0 Å². The minimum absolute atomic E-state index is 0.245. The number of carbonyl (C=O) groups is 1. The van der Waals surface area contributed by atoms with Crippen LogP contribution in [0.4, 0.5) is 4.79 Å². The van der Waals surface area contributed by atoms with E-state index in [2.05, 4.69) is 25.5 Å². The molecule has 12 heteroatoms. The molecule has 0 radical (unpaired) electrons. The van der Waals surface area contributed by atoms with Gasteiger partial charge in [-0.15, -0.1) is 10.2 Å². The molecule has 0 fully saturated rings. The van der Waals surface area contributed by atoms with E-state index in [-0.39, 0.29) is 16.9 Å². The predicted octanol–water partition coefficient (Wildman–Crippen LogP) is 2.37. The zero-order chi connectivity index (χ0) is 21.6. The molecule has 1 amide bonds. The molecular weight excluding hydrogens is 418 g/mol. The summed E-state index contributed by atoms with van der Waals surface area (Å²) in [4.78, 5) is 40.1. The first-order valence-corrected chi connectivity index (χ1v) is 11.2. The number of aromatic amines is 2. The molecule has 2 rings (SSSR count). The molecule has 10 nitrogen and oxygen atoms in total. The molecule has 1 atom stereocenters. The van der Waals surface area contributed by atoms with E-state index in [1.54, 1.807) is 39.5 Å². The normalized spacial score (nSPS) is 12.6. The molecule has 0 bridgehead atoms. The number of hydrogen-bond donors (Lipinski definition) is 3. The second-order valence-corrected chi connectivity index (χ2v) is 9.10. The van der Waals surface area contributed by atoms with Gasteiger partial charge < -0.3 is 19.5 Å². The van der Waals surface area contributed by atoms with Crippen LogP contribution in [0.1, 0.15) is 50.4 Å². The molecule has 29 heavy (non-hydrogen) atoms. The lowest BCUT2D eigenvalue weighted by Crippen LogP contribution is -2.35. The summed E-state index contributed by atoms with van der Waals surface area (Å²) < 4.78 is 11.0. The van der Waals surface area contributed by atoms with Gasteiger partial charge in [0.15, 0.2) is 0 Å². The number of amides is 1. The third-order valence-corrected chi connectivity index (χ3v) is 5.11. The van der Waals surface area contributed by atoms with Crippen LogP contribution in [-0.2, 0) is 10.5 Å². The minimum Gasteiger partial charge on any atom is -0.444 e. The molecule has 2 aromatic rings. The number of thioether (sulfide) groups is 2. The van der Waals surface area contributed by atoms with Gasteiger partial charge in [0.1, 0.15) is 11.6 Å². The zero-order valence-corrected chi connectivity index (χ0v) is 18.6. The average molecular weight is 444 g/mol. The van der Waals surface area contributed by atoms with Gasteiger partial charge in [-0.1, -0.05) is 11.8 Å². The molecule has 0 aliphatic rings. The fourth-order valence-corrected chi connectivity index (χ4v) is 3.63. The first-order chi connectivity index (χ1) is 13.6. The monoisotopic (exact) mass is 443 g/mol. The number of H-pyrrole nitrogens is 2. The Balaban J connectivity index is 2.08. The quantitative estimate of drug-likeness (QED) is 0.524. The van der Waals surface area contributed by atoms with Crippen molar-refractivity contribution in [2.45, 2.75) is 56.7 Å². The average Bonchev–Trinajstić information content (AvgIpc) is 3.04. The standard InChI is InChI=1S/C17H25N5O5S2/c1-9-10(12(23)20-14(24)18-9)8-29-16-22-21-13(26-16)11(6-7-28-5)19-15(25)27-17(2,3)4/h11H,6-8H2,1-5H3,(H,19,25)(H2,18,20,23,24)/t11-/m0/s1. The smallest absolute Gasteiger partial charge is 0.408 e. The SMILES string of the molecule is CSCC[C@H](NC(=O)OC(C)(C)C)c1nnc(SCc2c(C)[nH]c(=O)[nH]c2=O)o1. The van der Waals surface area contributed by atoms with Gasteiger partial charge in [-0.3, -0.25) is 9.78 Å². The van der Waals surface area contributed by atoms with Crippen molar-refractivity contribution in [2.75, 3.05) is 12.0 Å². The first kappa shape index (κ1) is 23.1. The van der Waals surface area contributed by atoms with Crippen LogP contribution in [0, 0.1) is 6.92 Å². The Hall–Kier alpha value is -2.21. The molecule has 0 saturated heterocycles. The van der Waals surface area contributed by atoms with Gasteiger partial charge in [-0.2, -0.15) is 11.8 Å². The summed E-state index contributed by atoms with van der Waals surface area (Å²) in [6.45, 7) is 7.00. The summed E-state index contributed by atoms with van der Waals surface area (Å²) >= 11 is 2.80. The third kappa shape index (κ3) is 7.28. The Bertz CT molecular complexity index is 947. The number of carbonyl (C=O) groups excluding carboxylic acids is 1. The number of aryl methyl sites for hydroxylation is 1. The van der Waals surface area contributed by atoms with Gasteiger partial charge in [-0.05, 0) is 46.1 Å². The molecular formula is C17H25N5O5S2. The number of alkyl carbamates (subject to hydrolysis) is 1. The lowest BCUT2D eigenvalue weighted by molar-refractivity contribution is 0.0493. The second kappa shape index (κ2) is 10.0. The summed E-state index contributed by atoms with van der Waals surface area (Å²) in [6.07, 6.45) is 1.99. The molecule has 2 heterocycles. The molecule has 0 aromatic carbocycles. The van der Waals surface area contributed by atoms with Crippen LogP contribution < -0.4 is 16.6 Å². The van der Waals surface area contributed by atoms with E-state index in [4.69, 9.17) is 9.15 Å². The molecule has 0 spiro atoms. The Morgan fingerprint density at radius 2 is 2.00 bits per heavy atom. The summed E-state index contributed by atoms with van der Waals surface area (Å²) in [5, 5.41) is 11.0. The number of rotatable bonds is 8. The van der Waals surface area contributed by atoms with E-state index < -0.39 is 29.0 Å². The maximum atomic E-state index is 12.1. The molecule has 160 valence electrons. The molecule has 0 aliphatic carbocycles. The van der Waals surface area contributed by atoms with E-state index in [0.29, 0.717) is 17.7 Å². The van der Waals surface area contributed by atoms with Crippen molar-refractivity contribution in [1.82, 2.24) is 25.5 Å². The van der Waals surface area contributed by atoms with Crippen molar-refractivity contribution in [3.05, 3.63) is 38.0 Å². The molecule has 0 saturated carbocycles. The number of hydrogen-bond acceptors (Lipinski definition) is 9. The van der Waals surface area contributed by atoms with Gasteiger partial charge in [-0.25, -0.2) is 9.59 Å². The Kier molecular flexibility index (Phi) is 7.96. The van der Waals surface area contributed by atoms with Crippen LogP contribution >= 0.6 is 23.5 Å². The van der Waals surface area contributed by atoms with Crippen molar-refractivity contribution in [3.63, 3.8) is 0 Å². The highest BCUT2D eigenvalue weighted by Crippen LogP contribution is 2.25. The highest BCUT2D eigenvalue weighted by molar-refractivity contribution is 7.98. The van der Waals surface area contributed by atoms with Gasteiger partial charge >= 0.3 is 11.8 Å². The maximum absolute atomic E-state index is 12.1. The van der Waals surface area contributed by atoms with Gasteiger partial charge in [0.05, 0.1) is 0 Å². The Morgan fingerprint density at radius 3 is 2.62 bits per heavy atom. The summed E-state index contributed by atoms with van der Waals surface area (Å²) in [5.41, 5.74) is -0.726. The van der Waals surface area contributed by atoms with Crippen LogP contribution in [0.15, 0.2) is 19.2 Å². The first-order valence-electron chi connectivity index (χ1n) is 8.85. The van der Waals surface area contributed by atoms with E-state index in [1.807, 2.05) is 6.26 Å². The van der Waals surface area contributed by atoms with Crippen molar-refractivity contribution in [3.8, 4) is 0 Å². The lowest BCUT2D eigenvalue weighted by atomic mass is 10.2. The van der Waals surface area contributed by atoms with Crippen molar-refractivity contribution < 1.29 is 13.9 Å². The van der Waals surface area contributed by atoms with Gasteiger partial charge in [0.25, 0.3) is 10.8 Å². The van der Waals surface area contributed by atoms with E-state index in [9.17, 15) is 14.4 Å². The van der Waals surface area contributed by atoms with Crippen molar-refractivity contribution >= 4 is 29.6 Å². The minimum atomic E-state index is -0.619. The van der Waals surface area contributed by atoms with Crippen LogP contribution in [-0.4, -0.2) is 43.9 Å². The number of aromatic nitrogens is 4. The van der Waals surface area contributed by atoms with Crippen LogP contribution in [0.5, 0.6) is 0 Å². The fraction of sp³-hybridized carbons (Fsp3) is 0.588. The lowest BCUT2D eigenvalue weighted by Gasteiger charge is -2.22. The number of nitrogens with zero attached hydrogens (tertiary/aromatic N) is 2. The van der Waals surface area contributed by atoms with Crippen LogP contribution in [0.2, 0.25) is 0 Å². The molecule has 3 N–H and O–H groups in total. The number of nitrogens with one attached hydrogen (secondary N) is 3. The fourth-order valence-electron chi connectivity index (χ4n) is 2.30. The second-order valence-electron chi connectivity index (χ2n) is 7.19. The summed E-state index contributed by atoms with van der Waals surface area (Å²) in [6, 6.07) is -0.489. The zero-order valence-electron chi connectivity index (χ0n) is 17.0. The Labute approximate surface area is 176 Å². The van der Waals surface area contributed by atoms with E-state index in [0.717, 1.165) is 5.75 Å².